The van der Waals surface area contributed by atoms with Gasteiger partial charge in [-0.3, -0.25) is 0 Å². The lowest BCUT2D eigenvalue weighted by molar-refractivity contribution is -0.0678. The number of ether oxygens (including phenoxy) is 6. The molecule has 1 saturated heterocycles. The van der Waals surface area contributed by atoms with Crippen molar-refractivity contribution in [1.29, 1.82) is 0 Å². The Kier molecular flexibility index (Phi) is 10.2. The number of methoxy groups -OCH3 is 3. The van der Waals surface area contributed by atoms with Gasteiger partial charge in [0.15, 0.2) is 0 Å². The van der Waals surface area contributed by atoms with Crippen LogP contribution in [-0.2, 0) is 25.6 Å². The van der Waals surface area contributed by atoms with Gasteiger partial charge in [0.1, 0.15) is 18.1 Å². The summed E-state index contributed by atoms with van der Waals surface area (Å²) in [5, 5.41) is 3.50. The van der Waals surface area contributed by atoms with Crippen molar-refractivity contribution in [2.24, 2.45) is 0 Å². The first kappa shape index (κ1) is 26.7. The standard InChI is InChI=1S/C28H40N2O6/c1-31-13-4-11-30-12-14-34-25-10-5-21(17-24(25)30)20-36-27-19-29-18-26(35-16-15-32-2)28(27)22-6-8-23(33-3)9-7-22/h5-10,17,26-29H,4,11-16,18-20H2,1-3H3. The van der Waals surface area contributed by atoms with Crippen molar-refractivity contribution >= 4 is 5.69 Å². The van der Waals surface area contributed by atoms with E-state index in [1.54, 1.807) is 21.3 Å². The lowest BCUT2D eigenvalue weighted by Crippen LogP contribution is -2.50. The highest BCUT2D eigenvalue weighted by molar-refractivity contribution is 5.61. The molecule has 1 N–H and O–H groups in total. The van der Waals surface area contributed by atoms with Crippen LogP contribution in [0.15, 0.2) is 42.5 Å². The summed E-state index contributed by atoms with van der Waals surface area (Å²) in [5.41, 5.74) is 3.45. The smallest absolute Gasteiger partial charge is 0.142 e. The third-order valence-electron chi connectivity index (χ3n) is 6.84. The van der Waals surface area contributed by atoms with Gasteiger partial charge in [-0.15, -0.1) is 0 Å². The monoisotopic (exact) mass is 500 g/mol. The van der Waals surface area contributed by atoms with E-state index in [9.17, 15) is 0 Å². The van der Waals surface area contributed by atoms with Gasteiger partial charge in [-0.25, -0.2) is 0 Å². The van der Waals surface area contributed by atoms with Crippen LogP contribution in [0.5, 0.6) is 11.5 Å². The van der Waals surface area contributed by atoms with Gasteiger partial charge in [0.2, 0.25) is 0 Å². The number of benzene rings is 2. The first-order chi connectivity index (χ1) is 17.7. The molecule has 198 valence electrons. The van der Waals surface area contributed by atoms with Gasteiger partial charge in [-0.2, -0.15) is 0 Å². The molecule has 2 aliphatic rings. The van der Waals surface area contributed by atoms with Crippen molar-refractivity contribution in [3.63, 3.8) is 0 Å². The van der Waals surface area contributed by atoms with Crippen LogP contribution in [0.3, 0.4) is 0 Å². The zero-order valence-corrected chi connectivity index (χ0v) is 21.7. The molecule has 8 nitrogen and oxygen atoms in total. The van der Waals surface area contributed by atoms with Crippen molar-refractivity contribution in [1.82, 2.24) is 5.32 Å². The van der Waals surface area contributed by atoms with Gasteiger partial charge < -0.3 is 38.6 Å². The molecule has 8 heteroatoms. The fourth-order valence-electron chi connectivity index (χ4n) is 4.97. The quantitative estimate of drug-likeness (QED) is 0.421. The zero-order valence-electron chi connectivity index (χ0n) is 21.7. The third kappa shape index (κ3) is 6.89. The van der Waals surface area contributed by atoms with E-state index >= 15 is 0 Å². The Morgan fingerprint density at radius 3 is 2.44 bits per heavy atom. The molecule has 2 heterocycles. The predicted molar refractivity (Wildman–Crippen MR) is 139 cm³/mol. The second kappa shape index (κ2) is 13.8. The average Bonchev–Trinajstić information content (AvgIpc) is 2.92. The van der Waals surface area contributed by atoms with Crippen LogP contribution in [-0.4, -0.2) is 86.1 Å². The minimum atomic E-state index is -0.0372. The van der Waals surface area contributed by atoms with Gasteiger partial charge >= 0.3 is 0 Å². The second-order valence-corrected chi connectivity index (χ2v) is 9.19. The summed E-state index contributed by atoms with van der Waals surface area (Å²) in [6.45, 7) is 6.45. The van der Waals surface area contributed by atoms with Crippen LogP contribution in [0, 0.1) is 0 Å². The van der Waals surface area contributed by atoms with Crippen molar-refractivity contribution < 1.29 is 28.4 Å². The molecule has 0 spiro atoms. The van der Waals surface area contributed by atoms with Gasteiger partial charge in [-0.1, -0.05) is 18.2 Å². The molecule has 0 bridgehead atoms. The number of hydrogen-bond donors (Lipinski definition) is 1. The normalized spacial score (nSPS) is 21.6. The van der Waals surface area contributed by atoms with E-state index < -0.39 is 0 Å². The number of nitrogens with one attached hydrogen (secondary N) is 1. The summed E-state index contributed by atoms with van der Waals surface area (Å²) < 4.78 is 34.5. The molecule has 0 amide bonds. The summed E-state index contributed by atoms with van der Waals surface area (Å²) in [7, 11) is 5.12. The van der Waals surface area contributed by atoms with E-state index in [-0.39, 0.29) is 18.1 Å². The Hall–Kier alpha value is -2.36. The number of hydrogen-bond acceptors (Lipinski definition) is 8. The molecule has 0 aliphatic carbocycles. The van der Waals surface area contributed by atoms with Crippen LogP contribution >= 0.6 is 0 Å². The number of anilines is 1. The molecule has 2 aliphatic heterocycles. The van der Waals surface area contributed by atoms with E-state index in [4.69, 9.17) is 28.4 Å². The van der Waals surface area contributed by atoms with Gasteiger partial charge in [0, 0.05) is 46.4 Å². The molecule has 36 heavy (non-hydrogen) atoms. The van der Waals surface area contributed by atoms with Crippen molar-refractivity contribution in [2.75, 3.05) is 78.8 Å². The maximum atomic E-state index is 6.57. The predicted octanol–water partition coefficient (Wildman–Crippen LogP) is 3.23. The Balaban J connectivity index is 1.47. The fourth-order valence-corrected chi connectivity index (χ4v) is 4.97. The van der Waals surface area contributed by atoms with Gasteiger partial charge in [-0.05, 0) is 41.8 Å². The van der Waals surface area contributed by atoms with Crippen molar-refractivity contribution in [2.45, 2.75) is 31.2 Å². The molecule has 2 aromatic carbocycles. The minimum absolute atomic E-state index is 0.0134. The Labute approximate surface area is 214 Å². The molecule has 1 fully saturated rings. The molecule has 4 rings (SSSR count). The average molecular weight is 501 g/mol. The molecule has 3 atom stereocenters. The van der Waals surface area contributed by atoms with Crippen LogP contribution in [0.2, 0.25) is 0 Å². The van der Waals surface area contributed by atoms with E-state index in [0.29, 0.717) is 26.4 Å². The summed E-state index contributed by atoms with van der Waals surface area (Å²) in [6, 6.07) is 14.6. The Morgan fingerprint density at radius 2 is 1.69 bits per heavy atom. The lowest BCUT2D eigenvalue weighted by atomic mass is 9.85. The highest BCUT2D eigenvalue weighted by Crippen LogP contribution is 2.35. The van der Waals surface area contributed by atoms with E-state index in [1.807, 2.05) is 12.1 Å². The topological polar surface area (TPSA) is 70.7 Å². The van der Waals surface area contributed by atoms with Crippen LogP contribution in [0.25, 0.3) is 0 Å². The molecule has 0 saturated carbocycles. The summed E-state index contributed by atoms with van der Waals surface area (Å²) in [4.78, 5) is 2.38. The van der Waals surface area contributed by atoms with Crippen molar-refractivity contribution in [3.8, 4) is 11.5 Å². The van der Waals surface area contributed by atoms with Crippen molar-refractivity contribution in [3.05, 3.63) is 53.6 Å². The second-order valence-electron chi connectivity index (χ2n) is 9.19. The minimum Gasteiger partial charge on any atom is -0.497 e. The third-order valence-corrected chi connectivity index (χ3v) is 6.84. The van der Waals surface area contributed by atoms with E-state index in [2.05, 4.69) is 40.5 Å². The number of piperidine rings is 1. The Morgan fingerprint density at radius 1 is 0.917 bits per heavy atom. The van der Waals surface area contributed by atoms with E-state index in [0.717, 1.165) is 62.0 Å². The summed E-state index contributed by atoms with van der Waals surface area (Å²) >= 11 is 0. The first-order valence-corrected chi connectivity index (χ1v) is 12.8. The van der Waals surface area contributed by atoms with Crippen LogP contribution in [0.4, 0.5) is 5.69 Å². The van der Waals surface area contributed by atoms with Gasteiger partial charge in [0.25, 0.3) is 0 Å². The van der Waals surface area contributed by atoms with Crippen LogP contribution < -0.4 is 19.7 Å². The molecular formula is C28H40N2O6. The summed E-state index contributed by atoms with van der Waals surface area (Å²) in [6.07, 6.45) is 0.934. The van der Waals surface area contributed by atoms with E-state index in [1.165, 1.54) is 5.56 Å². The maximum absolute atomic E-state index is 6.57. The summed E-state index contributed by atoms with van der Waals surface area (Å²) in [5.74, 6) is 1.87. The zero-order chi connectivity index (χ0) is 25.2. The highest BCUT2D eigenvalue weighted by Gasteiger charge is 2.36. The molecular weight excluding hydrogens is 460 g/mol. The lowest BCUT2D eigenvalue weighted by Gasteiger charge is -2.39. The van der Waals surface area contributed by atoms with Gasteiger partial charge in [0.05, 0.1) is 51.4 Å². The molecule has 3 unspecified atom stereocenters. The first-order valence-electron chi connectivity index (χ1n) is 12.8. The SMILES string of the molecule is COCCCN1CCOc2ccc(COC3CNCC(OCCOC)C3c3ccc(OC)cc3)cc21. The number of fused-ring (bicyclic) bond motifs is 1. The maximum Gasteiger partial charge on any atom is 0.142 e. The Bertz CT molecular complexity index is 925. The largest absolute Gasteiger partial charge is 0.497 e. The number of rotatable bonds is 13. The number of nitrogens with zero attached hydrogens (tertiary/aromatic N) is 1. The highest BCUT2D eigenvalue weighted by atomic mass is 16.5. The molecule has 0 aromatic heterocycles. The fraction of sp³-hybridized carbons (Fsp3) is 0.571. The molecule has 2 aromatic rings. The molecule has 0 radical (unpaired) electrons. The van der Waals surface area contributed by atoms with Crippen LogP contribution in [0.1, 0.15) is 23.5 Å².